The number of rotatable bonds is 10. The zero-order valence-electron chi connectivity index (χ0n) is 21.8. The van der Waals surface area contributed by atoms with Crippen LogP contribution < -0.4 is 10.1 Å². The number of fused-ring (bicyclic) bond motifs is 2. The fourth-order valence-electron chi connectivity index (χ4n) is 5.88. The second-order valence-electron chi connectivity index (χ2n) is 10.2. The summed E-state index contributed by atoms with van der Waals surface area (Å²) in [6.07, 6.45) is 4.46. The van der Waals surface area contributed by atoms with E-state index in [0.717, 1.165) is 48.7 Å². The van der Waals surface area contributed by atoms with Gasteiger partial charge < -0.3 is 15.2 Å². The Kier molecular flexibility index (Phi) is 8.05. The molecule has 0 saturated carbocycles. The van der Waals surface area contributed by atoms with Crippen LogP contribution in [0.1, 0.15) is 48.5 Å². The van der Waals surface area contributed by atoms with E-state index in [4.69, 9.17) is 9.84 Å². The van der Waals surface area contributed by atoms with Crippen LogP contribution in [-0.2, 0) is 11.3 Å². The summed E-state index contributed by atoms with van der Waals surface area (Å²) in [5.41, 5.74) is 2.23. The number of piperidine rings is 1. The minimum Gasteiger partial charge on any atom is -0.478 e. The number of nitrogens with zero attached hydrogens (tertiary/aromatic N) is 2. The number of anilines is 1. The first kappa shape index (κ1) is 25.9. The molecule has 2 aliphatic rings. The molecule has 0 aromatic heterocycles. The van der Waals surface area contributed by atoms with E-state index in [2.05, 4.69) is 22.0 Å². The van der Waals surface area contributed by atoms with Crippen LogP contribution in [0.5, 0.6) is 11.5 Å². The molecule has 38 heavy (non-hydrogen) atoms. The highest BCUT2D eigenvalue weighted by molar-refractivity contribution is 5.92. The first-order valence-corrected chi connectivity index (χ1v) is 13.4. The van der Waals surface area contributed by atoms with Gasteiger partial charge in [0.25, 0.3) is 0 Å². The summed E-state index contributed by atoms with van der Waals surface area (Å²) in [5.74, 6) is 0.607. The van der Waals surface area contributed by atoms with Crippen LogP contribution in [0.3, 0.4) is 0 Å². The predicted octanol–water partition coefficient (Wildman–Crippen LogP) is 5.63. The van der Waals surface area contributed by atoms with Gasteiger partial charge in [-0.3, -0.25) is 14.6 Å². The number of hydrogen-bond donors (Lipinski definition) is 2. The Morgan fingerprint density at radius 2 is 1.55 bits per heavy atom. The van der Waals surface area contributed by atoms with Gasteiger partial charge in [-0.25, -0.2) is 4.79 Å². The Bertz CT molecular complexity index is 1220. The summed E-state index contributed by atoms with van der Waals surface area (Å²) in [6, 6.07) is 25.7. The van der Waals surface area contributed by atoms with E-state index < -0.39 is 5.97 Å². The standard InChI is InChI=1S/C31H35N3O4/c1-2-33(21-30(35)32-24-12-16-29(17-13-24)38-28-6-4-3-5-7-28)27-18-25-14-15-26(19-27)34(25)20-22-8-10-23(11-9-22)31(36)37/h3-13,16-17,25-27H,2,14-15,18-21H2,1H3,(H,32,35)(H,36,37)/t25-,26+,27-. The molecule has 2 aliphatic heterocycles. The van der Waals surface area contributed by atoms with Crippen molar-refractivity contribution >= 4 is 17.6 Å². The molecule has 7 heteroatoms. The Labute approximate surface area is 224 Å². The fraction of sp³-hybridized carbons (Fsp3) is 0.355. The van der Waals surface area contributed by atoms with Crippen molar-refractivity contribution in [2.75, 3.05) is 18.4 Å². The molecule has 2 heterocycles. The molecule has 0 spiro atoms. The van der Waals surface area contributed by atoms with E-state index in [9.17, 15) is 9.59 Å². The molecule has 0 aliphatic carbocycles. The Morgan fingerprint density at radius 3 is 2.16 bits per heavy atom. The van der Waals surface area contributed by atoms with Crippen molar-refractivity contribution in [3.63, 3.8) is 0 Å². The van der Waals surface area contributed by atoms with Crippen LogP contribution >= 0.6 is 0 Å². The molecule has 3 aromatic rings. The molecule has 0 radical (unpaired) electrons. The lowest BCUT2D eigenvalue weighted by atomic mass is 9.95. The molecule has 2 bridgehead atoms. The third kappa shape index (κ3) is 6.23. The van der Waals surface area contributed by atoms with E-state index in [1.807, 2.05) is 66.7 Å². The van der Waals surface area contributed by atoms with Gasteiger partial charge in [0.05, 0.1) is 12.1 Å². The molecule has 2 saturated heterocycles. The van der Waals surface area contributed by atoms with Crippen LogP contribution in [0.2, 0.25) is 0 Å². The van der Waals surface area contributed by atoms with Crippen LogP contribution in [0.15, 0.2) is 78.9 Å². The minimum atomic E-state index is -0.893. The summed E-state index contributed by atoms with van der Waals surface area (Å²) in [4.78, 5) is 29.0. The number of amides is 1. The summed E-state index contributed by atoms with van der Waals surface area (Å²) < 4.78 is 5.84. The Hall–Kier alpha value is -3.68. The minimum absolute atomic E-state index is 0.00289. The molecule has 7 nitrogen and oxygen atoms in total. The van der Waals surface area contributed by atoms with E-state index >= 15 is 0 Å². The maximum atomic E-state index is 12.9. The lowest BCUT2D eigenvalue weighted by Crippen LogP contribution is -2.51. The van der Waals surface area contributed by atoms with Crippen LogP contribution in [0.25, 0.3) is 0 Å². The Morgan fingerprint density at radius 1 is 0.921 bits per heavy atom. The molecule has 5 rings (SSSR count). The van der Waals surface area contributed by atoms with Gasteiger partial charge in [-0.15, -0.1) is 0 Å². The van der Waals surface area contributed by atoms with Gasteiger partial charge in [0, 0.05) is 30.4 Å². The third-order valence-electron chi connectivity index (χ3n) is 7.81. The monoisotopic (exact) mass is 513 g/mol. The zero-order chi connectivity index (χ0) is 26.5. The highest BCUT2D eigenvalue weighted by Gasteiger charge is 2.42. The van der Waals surface area contributed by atoms with Crippen molar-refractivity contribution in [3.05, 3.63) is 90.0 Å². The number of carbonyl (C=O) groups is 2. The molecule has 198 valence electrons. The molecular weight excluding hydrogens is 478 g/mol. The number of carboxylic acids is 1. The largest absolute Gasteiger partial charge is 0.478 e. The van der Waals surface area contributed by atoms with E-state index in [1.165, 1.54) is 12.8 Å². The second kappa shape index (κ2) is 11.8. The number of aromatic carboxylic acids is 1. The number of likely N-dealkylation sites (N-methyl/N-ethyl adjacent to an activating group) is 1. The lowest BCUT2D eigenvalue weighted by Gasteiger charge is -2.43. The van der Waals surface area contributed by atoms with Gasteiger partial charge in [0.2, 0.25) is 5.91 Å². The number of carbonyl (C=O) groups excluding carboxylic acids is 1. The van der Waals surface area contributed by atoms with E-state index in [-0.39, 0.29) is 5.91 Å². The van der Waals surface area contributed by atoms with Crippen molar-refractivity contribution in [1.29, 1.82) is 0 Å². The predicted molar refractivity (Wildman–Crippen MR) is 148 cm³/mol. The highest BCUT2D eigenvalue weighted by atomic mass is 16.5. The maximum absolute atomic E-state index is 12.9. The number of nitrogens with one attached hydrogen (secondary N) is 1. The quantitative estimate of drug-likeness (QED) is 0.366. The molecule has 3 aromatic carbocycles. The molecular formula is C31H35N3O4. The van der Waals surface area contributed by atoms with Crippen LogP contribution in [-0.4, -0.2) is 58.0 Å². The lowest BCUT2D eigenvalue weighted by molar-refractivity contribution is -0.118. The summed E-state index contributed by atoms with van der Waals surface area (Å²) >= 11 is 0. The average Bonchev–Trinajstić information content (AvgIpc) is 3.15. The number of carboxylic acid groups (broad SMARTS) is 1. The van der Waals surface area contributed by atoms with Gasteiger partial charge in [-0.2, -0.15) is 0 Å². The number of para-hydroxylation sites is 1. The summed E-state index contributed by atoms with van der Waals surface area (Å²) in [7, 11) is 0. The van der Waals surface area contributed by atoms with Crippen LogP contribution in [0.4, 0.5) is 5.69 Å². The fourth-order valence-corrected chi connectivity index (χ4v) is 5.88. The number of benzene rings is 3. The van der Waals surface area contributed by atoms with Gasteiger partial charge >= 0.3 is 5.97 Å². The molecule has 0 unspecified atom stereocenters. The third-order valence-corrected chi connectivity index (χ3v) is 7.81. The van der Waals surface area contributed by atoms with Crippen LogP contribution in [0, 0.1) is 0 Å². The second-order valence-corrected chi connectivity index (χ2v) is 10.2. The van der Waals surface area contributed by atoms with Gasteiger partial charge in [-0.05, 0) is 86.3 Å². The first-order chi connectivity index (χ1) is 18.5. The molecule has 1 amide bonds. The normalized spacial score (nSPS) is 20.8. The van der Waals surface area contributed by atoms with Crippen molar-refractivity contribution in [3.8, 4) is 11.5 Å². The number of hydrogen-bond acceptors (Lipinski definition) is 5. The van der Waals surface area contributed by atoms with Crippen molar-refractivity contribution in [2.45, 2.75) is 57.3 Å². The molecule has 3 atom stereocenters. The van der Waals surface area contributed by atoms with Crippen molar-refractivity contribution in [2.24, 2.45) is 0 Å². The van der Waals surface area contributed by atoms with Crippen molar-refractivity contribution in [1.82, 2.24) is 9.80 Å². The average molecular weight is 514 g/mol. The maximum Gasteiger partial charge on any atom is 0.335 e. The number of ether oxygens (including phenoxy) is 1. The summed E-state index contributed by atoms with van der Waals surface area (Å²) in [5, 5.41) is 12.2. The molecule has 2 fully saturated rings. The van der Waals surface area contributed by atoms with Gasteiger partial charge in [0.15, 0.2) is 0 Å². The van der Waals surface area contributed by atoms with E-state index in [0.29, 0.717) is 30.2 Å². The smallest absolute Gasteiger partial charge is 0.335 e. The SMILES string of the molecule is CCN(CC(=O)Nc1ccc(Oc2ccccc2)cc1)[C@@H]1C[C@H]2CC[C@@H](C1)N2Cc1ccc(C(=O)O)cc1. The van der Waals surface area contributed by atoms with Gasteiger partial charge in [-0.1, -0.05) is 37.3 Å². The topological polar surface area (TPSA) is 82.1 Å². The first-order valence-electron chi connectivity index (χ1n) is 13.4. The molecule has 2 N–H and O–H groups in total. The zero-order valence-corrected chi connectivity index (χ0v) is 21.8. The van der Waals surface area contributed by atoms with Crippen molar-refractivity contribution < 1.29 is 19.4 Å². The highest BCUT2D eigenvalue weighted by Crippen LogP contribution is 2.38. The Balaban J connectivity index is 1.13. The van der Waals surface area contributed by atoms with E-state index in [1.54, 1.807) is 12.1 Å². The summed E-state index contributed by atoms with van der Waals surface area (Å²) in [6.45, 7) is 4.18. The van der Waals surface area contributed by atoms with Gasteiger partial charge in [0.1, 0.15) is 11.5 Å².